The molecule has 0 aliphatic rings. The minimum atomic E-state index is -0.404. The molecule has 0 spiro atoms. The van der Waals surface area contributed by atoms with E-state index >= 15 is 0 Å². The summed E-state index contributed by atoms with van der Waals surface area (Å²) in [4.78, 5) is 11.5. The van der Waals surface area contributed by atoms with Gasteiger partial charge in [-0.05, 0) is 36.8 Å². The number of H-pyrrole nitrogens is 1. The van der Waals surface area contributed by atoms with Gasteiger partial charge in [0.1, 0.15) is 11.6 Å². The molecule has 3 rings (SSSR count). The Labute approximate surface area is 108 Å². The van der Waals surface area contributed by atoms with Gasteiger partial charge in [0.25, 0.3) is 0 Å². The van der Waals surface area contributed by atoms with Crippen LogP contribution in [0.1, 0.15) is 5.56 Å². The lowest BCUT2D eigenvalue weighted by Gasteiger charge is -1.99. The van der Waals surface area contributed by atoms with Crippen molar-refractivity contribution in [2.75, 3.05) is 0 Å². The van der Waals surface area contributed by atoms with Crippen LogP contribution in [0, 0.1) is 12.7 Å². The zero-order chi connectivity index (χ0) is 12.7. The van der Waals surface area contributed by atoms with Gasteiger partial charge >= 0.3 is 0 Å². The lowest BCUT2D eigenvalue weighted by atomic mass is 10.2. The molecule has 2 heterocycles. The minimum Gasteiger partial charge on any atom is -0.336 e. The van der Waals surface area contributed by atoms with Gasteiger partial charge < -0.3 is 4.98 Å². The highest BCUT2D eigenvalue weighted by atomic mass is 35.5. The van der Waals surface area contributed by atoms with E-state index in [1.165, 1.54) is 6.07 Å². The van der Waals surface area contributed by atoms with Crippen LogP contribution in [0.5, 0.6) is 0 Å². The monoisotopic (exact) mass is 261 g/mol. The summed E-state index contributed by atoms with van der Waals surface area (Å²) in [6.45, 7) is 1.95. The van der Waals surface area contributed by atoms with E-state index < -0.39 is 5.82 Å². The predicted octanol–water partition coefficient (Wildman–Crippen LogP) is 3.73. The molecule has 18 heavy (non-hydrogen) atoms. The zero-order valence-electron chi connectivity index (χ0n) is 9.54. The van der Waals surface area contributed by atoms with Crippen LogP contribution in [0.4, 0.5) is 4.39 Å². The van der Waals surface area contributed by atoms with Gasteiger partial charge in [-0.15, -0.1) is 0 Å². The number of aromatic nitrogens is 3. The van der Waals surface area contributed by atoms with E-state index in [2.05, 4.69) is 15.0 Å². The highest BCUT2D eigenvalue weighted by Crippen LogP contribution is 2.25. The van der Waals surface area contributed by atoms with Gasteiger partial charge in [0.05, 0.1) is 11.1 Å². The van der Waals surface area contributed by atoms with Gasteiger partial charge in [-0.2, -0.15) is 0 Å². The molecule has 90 valence electrons. The SMILES string of the molecule is Cc1ccnc2nc(-c3ccc(Cl)cc3F)[nH]c12. The van der Waals surface area contributed by atoms with Crippen LogP contribution in [-0.2, 0) is 0 Å². The first-order valence-electron chi connectivity index (χ1n) is 5.42. The zero-order valence-corrected chi connectivity index (χ0v) is 10.3. The van der Waals surface area contributed by atoms with E-state index in [4.69, 9.17) is 11.6 Å². The number of rotatable bonds is 1. The Kier molecular flexibility index (Phi) is 2.52. The van der Waals surface area contributed by atoms with Gasteiger partial charge in [-0.25, -0.2) is 14.4 Å². The van der Waals surface area contributed by atoms with Gasteiger partial charge in [0.2, 0.25) is 0 Å². The summed E-state index contributed by atoms with van der Waals surface area (Å²) in [6.07, 6.45) is 1.68. The molecule has 0 amide bonds. The molecule has 0 aliphatic carbocycles. The molecule has 2 aromatic heterocycles. The second-order valence-electron chi connectivity index (χ2n) is 4.04. The van der Waals surface area contributed by atoms with Crippen LogP contribution in [0.3, 0.4) is 0 Å². The lowest BCUT2D eigenvalue weighted by Crippen LogP contribution is -1.86. The van der Waals surface area contributed by atoms with Gasteiger partial charge in [-0.3, -0.25) is 0 Å². The number of aryl methyl sites for hydroxylation is 1. The van der Waals surface area contributed by atoms with E-state index in [1.807, 2.05) is 13.0 Å². The van der Waals surface area contributed by atoms with Crippen molar-refractivity contribution in [1.82, 2.24) is 15.0 Å². The highest BCUT2D eigenvalue weighted by Gasteiger charge is 2.11. The van der Waals surface area contributed by atoms with Crippen molar-refractivity contribution in [3.05, 3.63) is 46.9 Å². The number of hydrogen-bond acceptors (Lipinski definition) is 2. The van der Waals surface area contributed by atoms with Crippen LogP contribution in [0.2, 0.25) is 5.02 Å². The van der Waals surface area contributed by atoms with Crippen LogP contribution in [0.25, 0.3) is 22.6 Å². The second kappa shape index (κ2) is 4.07. The van der Waals surface area contributed by atoms with Crippen molar-refractivity contribution in [3.8, 4) is 11.4 Å². The third-order valence-electron chi connectivity index (χ3n) is 2.79. The second-order valence-corrected chi connectivity index (χ2v) is 4.47. The van der Waals surface area contributed by atoms with Gasteiger partial charge in [-0.1, -0.05) is 11.6 Å². The molecule has 5 heteroatoms. The number of imidazole rings is 1. The largest absolute Gasteiger partial charge is 0.336 e. The predicted molar refractivity (Wildman–Crippen MR) is 69.0 cm³/mol. The maximum atomic E-state index is 13.8. The fourth-order valence-electron chi connectivity index (χ4n) is 1.84. The number of halogens is 2. The van der Waals surface area contributed by atoms with Crippen LogP contribution < -0.4 is 0 Å². The summed E-state index contributed by atoms with van der Waals surface area (Å²) in [5.41, 5.74) is 2.81. The molecular formula is C13H9ClFN3. The number of aromatic amines is 1. The Hall–Kier alpha value is -1.94. The summed E-state index contributed by atoms with van der Waals surface area (Å²) < 4.78 is 13.8. The average Bonchev–Trinajstić information content (AvgIpc) is 2.74. The molecule has 0 radical (unpaired) electrons. The standard InChI is InChI=1S/C13H9ClFN3/c1-7-4-5-16-13-11(7)17-12(18-13)9-3-2-8(14)6-10(9)15/h2-6H,1H3,(H,16,17,18). The Morgan fingerprint density at radius 2 is 2.11 bits per heavy atom. The molecule has 0 saturated carbocycles. The van der Waals surface area contributed by atoms with Crippen molar-refractivity contribution in [2.24, 2.45) is 0 Å². The molecule has 3 aromatic rings. The summed E-state index contributed by atoms with van der Waals surface area (Å²) >= 11 is 5.73. The Morgan fingerprint density at radius 3 is 2.83 bits per heavy atom. The number of fused-ring (bicyclic) bond motifs is 1. The lowest BCUT2D eigenvalue weighted by molar-refractivity contribution is 0.630. The van der Waals surface area contributed by atoms with Crippen LogP contribution in [0.15, 0.2) is 30.5 Å². The molecule has 0 atom stereocenters. The summed E-state index contributed by atoms with van der Waals surface area (Å²) in [6, 6.07) is 6.38. The summed E-state index contributed by atoms with van der Waals surface area (Å²) in [5.74, 6) is 0.0557. The van der Waals surface area contributed by atoms with Crippen molar-refractivity contribution in [3.63, 3.8) is 0 Å². The van der Waals surface area contributed by atoms with E-state index in [9.17, 15) is 4.39 Å². The average molecular weight is 262 g/mol. The Balaban J connectivity index is 2.23. The first kappa shape index (κ1) is 11.2. The minimum absolute atomic E-state index is 0.363. The third-order valence-corrected chi connectivity index (χ3v) is 3.02. The van der Waals surface area contributed by atoms with E-state index in [0.29, 0.717) is 22.1 Å². The topological polar surface area (TPSA) is 41.6 Å². The maximum absolute atomic E-state index is 13.8. The van der Waals surface area contributed by atoms with E-state index in [1.54, 1.807) is 18.3 Å². The Bertz CT molecular complexity index is 736. The molecule has 0 fully saturated rings. The van der Waals surface area contributed by atoms with Crippen LogP contribution in [-0.4, -0.2) is 15.0 Å². The third kappa shape index (κ3) is 1.75. The smallest absolute Gasteiger partial charge is 0.178 e. The normalized spacial score (nSPS) is 11.1. The van der Waals surface area contributed by atoms with Crippen LogP contribution >= 0.6 is 11.6 Å². The van der Waals surface area contributed by atoms with Crippen molar-refractivity contribution < 1.29 is 4.39 Å². The number of benzene rings is 1. The number of nitrogens with one attached hydrogen (secondary N) is 1. The highest BCUT2D eigenvalue weighted by molar-refractivity contribution is 6.30. The van der Waals surface area contributed by atoms with Gasteiger partial charge in [0, 0.05) is 11.2 Å². The van der Waals surface area contributed by atoms with Crippen molar-refractivity contribution in [1.29, 1.82) is 0 Å². The molecule has 0 saturated heterocycles. The fraction of sp³-hybridized carbons (Fsp3) is 0.0769. The molecule has 1 aromatic carbocycles. The molecule has 3 nitrogen and oxygen atoms in total. The van der Waals surface area contributed by atoms with Gasteiger partial charge in [0.15, 0.2) is 5.65 Å². The molecule has 0 bridgehead atoms. The number of pyridine rings is 1. The molecular weight excluding hydrogens is 253 g/mol. The molecule has 0 aliphatic heterocycles. The molecule has 1 N–H and O–H groups in total. The first-order valence-corrected chi connectivity index (χ1v) is 5.79. The van der Waals surface area contributed by atoms with Crippen molar-refractivity contribution in [2.45, 2.75) is 6.92 Å². The quantitative estimate of drug-likeness (QED) is 0.725. The fourth-order valence-corrected chi connectivity index (χ4v) is 2.00. The first-order chi connectivity index (χ1) is 8.65. The summed E-state index contributed by atoms with van der Waals surface area (Å²) in [7, 11) is 0. The summed E-state index contributed by atoms with van der Waals surface area (Å²) in [5, 5.41) is 0.363. The Morgan fingerprint density at radius 1 is 1.28 bits per heavy atom. The van der Waals surface area contributed by atoms with E-state index in [0.717, 1.165) is 11.1 Å². The maximum Gasteiger partial charge on any atom is 0.178 e. The van der Waals surface area contributed by atoms with E-state index in [-0.39, 0.29) is 0 Å². The van der Waals surface area contributed by atoms with Crippen molar-refractivity contribution >= 4 is 22.8 Å². The number of hydrogen-bond donors (Lipinski definition) is 1. The number of nitrogens with zero attached hydrogens (tertiary/aromatic N) is 2. The molecule has 0 unspecified atom stereocenters.